The number of thiazole rings is 1. The minimum Gasteiger partial charge on any atom is -0.325 e. The number of hydrogen-bond acceptors (Lipinski definition) is 3. The van der Waals surface area contributed by atoms with Gasteiger partial charge in [0, 0.05) is 16.8 Å². The van der Waals surface area contributed by atoms with Crippen LogP contribution in [0.15, 0.2) is 0 Å². The zero-order valence-corrected chi connectivity index (χ0v) is 13.5. The third-order valence-corrected chi connectivity index (χ3v) is 5.68. The summed E-state index contributed by atoms with van der Waals surface area (Å²) in [5, 5.41) is 1.24. The number of rotatable bonds is 4. The maximum absolute atomic E-state index is 6.68. The zero-order valence-electron chi connectivity index (χ0n) is 12.7. The highest BCUT2D eigenvalue weighted by Gasteiger charge is 2.30. The van der Waals surface area contributed by atoms with Crippen LogP contribution in [0.25, 0.3) is 0 Å². The first-order chi connectivity index (χ1) is 9.02. The van der Waals surface area contributed by atoms with Crippen LogP contribution in [0.1, 0.15) is 67.4 Å². The van der Waals surface area contributed by atoms with Crippen molar-refractivity contribution < 1.29 is 0 Å². The topological polar surface area (TPSA) is 38.9 Å². The molecule has 1 saturated carbocycles. The van der Waals surface area contributed by atoms with Crippen molar-refractivity contribution >= 4 is 11.3 Å². The molecule has 1 aromatic heterocycles. The van der Waals surface area contributed by atoms with Gasteiger partial charge in [0.05, 0.1) is 10.7 Å². The minimum absolute atomic E-state index is 0.000769. The summed E-state index contributed by atoms with van der Waals surface area (Å²) in [5.41, 5.74) is 7.86. The number of aromatic nitrogens is 1. The van der Waals surface area contributed by atoms with E-state index in [0.717, 1.165) is 12.3 Å². The van der Waals surface area contributed by atoms with Crippen molar-refractivity contribution in [1.29, 1.82) is 0 Å². The van der Waals surface area contributed by atoms with Gasteiger partial charge in [0.1, 0.15) is 0 Å². The van der Waals surface area contributed by atoms with Crippen molar-refractivity contribution in [2.75, 3.05) is 0 Å². The monoisotopic (exact) mass is 280 g/mol. The Balaban J connectivity index is 1.98. The van der Waals surface area contributed by atoms with Gasteiger partial charge < -0.3 is 5.73 Å². The SMILES string of the molecule is CCCC1CCCC(N)(Cc2nc(C)c(C)s2)CC1. The van der Waals surface area contributed by atoms with Gasteiger partial charge >= 0.3 is 0 Å². The fraction of sp³-hybridized carbons (Fsp3) is 0.812. The lowest BCUT2D eigenvalue weighted by Gasteiger charge is -2.27. The van der Waals surface area contributed by atoms with E-state index in [4.69, 9.17) is 5.73 Å². The normalized spacial score (nSPS) is 28.3. The van der Waals surface area contributed by atoms with Crippen LogP contribution >= 0.6 is 11.3 Å². The molecule has 3 heteroatoms. The predicted molar refractivity (Wildman–Crippen MR) is 83.7 cm³/mol. The van der Waals surface area contributed by atoms with E-state index in [2.05, 4.69) is 25.8 Å². The van der Waals surface area contributed by atoms with Crippen LogP contribution in [-0.4, -0.2) is 10.5 Å². The Hall–Kier alpha value is -0.410. The lowest BCUT2D eigenvalue weighted by atomic mass is 9.87. The summed E-state index contributed by atoms with van der Waals surface area (Å²) >= 11 is 1.83. The lowest BCUT2D eigenvalue weighted by molar-refractivity contribution is 0.354. The molecule has 0 bridgehead atoms. The Labute approximate surface area is 121 Å². The average Bonchev–Trinajstić information content (AvgIpc) is 2.55. The van der Waals surface area contributed by atoms with Crippen molar-refractivity contribution in [3.05, 3.63) is 15.6 Å². The third-order valence-electron chi connectivity index (χ3n) is 4.61. The van der Waals surface area contributed by atoms with Gasteiger partial charge in [-0.15, -0.1) is 11.3 Å². The fourth-order valence-electron chi connectivity index (χ4n) is 3.29. The largest absolute Gasteiger partial charge is 0.325 e. The maximum Gasteiger partial charge on any atom is 0.0949 e. The molecule has 1 aliphatic carbocycles. The molecular formula is C16H28N2S. The van der Waals surface area contributed by atoms with Crippen LogP contribution in [0, 0.1) is 19.8 Å². The first-order valence-electron chi connectivity index (χ1n) is 7.74. The quantitative estimate of drug-likeness (QED) is 0.831. The van der Waals surface area contributed by atoms with Gasteiger partial charge in [0.2, 0.25) is 0 Å². The summed E-state index contributed by atoms with van der Waals surface area (Å²) in [7, 11) is 0. The van der Waals surface area contributed by atoms with Crippen LogP contribution in [0.5, 0.6) is 0 Å². The Morgan fingerprint density at radius 2 is 2.11 bits per heavy atom. The summed E-state index contributed by atoms with van der Waals surface area (Å²) in [6, 6.07) is 0. The molecule has 0 radical (unpaired) electrons. The number of nitrogens with two attached hydrogens (primary N) is 1. The van der Waals surface area contributed by atoms with E-state index in [0.29, 0.717) is 0 Å². The molecule has 2 rings (SSSR count). The van der Waals surface area contributed by atoms with Gasteiger partial charge in [0.25, 0.3) is 0 Å². The molecule has 19 heavy (non-hydrogen) atoms. The van der Waals surface area contributed by atoms with Gasteiger partial charge in [-0.25, -0.2) is 4.98 Å². The number of aryl methyl sites for hydroxylation is 2. The second kappa shape index (κ2) is 6.36. The van der Waals surface area contributed by atoms with E-state index >= 15 is 0 Å². The lowest BCUT2D eigenvalue weighted by Crippen LogP contribution is -2.41. The molecule has 0 saturated heterocycles. The average molecular weight is 280 g/mol. The van der Waals surface area contributed by atoms with Gasteiger partial charge in [-0.05, 0) is 39.0 Å². The number of hydrogen-bond donors (Lipinski definition) is 1. The second-order valence-electron chi connectivity index (χ2n) is 6.37. The molecule has 0 aromatic carbocycles. The van der Waals surface area contributed by atoms with Crippen LogP contribution in [-0.2, 0) is 6.42 Å². The van der Waals surface area contributed by atoms with Crippen LogP contribution < -0.4 is 5.73 Å². The second-order valence-corrected chi connectivity index (χ2v) is 7.66. The smallest absolute Gasteiger partial charge is 0.0949 e. The fourth-order valence-corrected chi connectivity index (χ4v) is 4.38. The van der Waals surface area contributed by atoms with Gasteiger partial charge in [-0.3, -0.25) is 0 Å². The maximum atomic E-state index is 6.68. The molecule has 2 atom stereocenters. The van der Waals surface area contributed by atoms with E-state index in [9.17, 15) is 0 Å². The Bertz CT molecular complexity index is 393. The first-order valence-corrected chi connectivity index (χ1v) is 8.56. The Kier molecular flexibility index (Phi) is 5.02. The molecule has 0 spiro atoms. The standard InChI is InChI=1S/C16H28N2S/c1-4-6-14-7-5-9-16(17,10-8-14)11-15-18-12(2)13(3)19-15/h14H,4-11,17H2,1-3H3. The Morgan fingerprint density at radius 1 is 1.32 bits per heavy atom. The molecule has 2 N–H and O–H groups in total. The molecule has 1 fully saturated rings. The van der Waals surface area contributed by atoms with Crippen LogP contribution in [0.2, 0.25) is 0 Å². The first kappa shape index (κ1) is 15.0. The molecule has 2 nitrogen and oxygen atoms in total. The molecule has 1 aliphatic rings. The van der Waals surface area contributed by atoms with Gasteiger partial charge in [-0.1, -0.05) is 32.6 Å². The van der Waals surface area contributed by atoms with E-state index in [1.54, 1.807) is 0 Å². The predicted octanol–water partition coefficient (Wildman–Crippen LogP) is 4.38. The van der Waals surface area contributed by atoms with Crippen molar-refractivity contribution in [2.24, 2.45) is 11.7 Å². The van der Waals surface area contributed by atoms with Crippen molar-refractivity contribution in [3.63, 3.8) is 0 Å². The van der Waals surface area contributed by atoms with Gasteiger partial charge in [0.15, 0.2) is 0 Å². The Morgan fingerprint density at radius 3 is 2.74 bits per heavy atom. The van der Waals surface area contributed by atoms with Crippen molar-refractivity contribution in [1.82, 2.24) is 4.98 Å². The molecule has 108 valence electrons. The summed E-state index contributed by atoms with van der Waals surface area (Å²) in [6.45, 7) is 6.55. The highest BCUT2D eigenvalue weighted by Crippen LogP contribution is 2.34. The van der Waals surface area contributed by atoms with Gasteiger partial charge in [-0.2, -0.15) is 0 Å². The van der Waals surface area contributed by atoms with Crippen molar-refractivity contribution in [2.45, 2.75) is 77.7 Å². The minimum atomic E-state index is -0.000769. The van der Waals surface area contributed by atoms with E-state index in [1.807, 2.05) is 11.3 Å². The third kappa shape index (κ3) is 4.03. The summed E-state index contributed by atoms with van der Waals surface area (Å²) < 4.78 is 0. The molecule has 1 heterocycles. The van der Waals surface area contributed by atoms with E-state index in [1.165, 1.54) is 60.5 Å². The van der Waals surface area contributed by atoms with E-state index < -0.39 is 0 Å². The highest BCUT2D eigenvalue weighted by molar-refractivity contribution is 7.11. The molecule has 1 aromatic rings. The summed E-state index contributed by atoms with van der Waals surface area (Å²) in [4.78, 5) is 6.02. The van der Waals surface area contributed by atoms with Crippen molar-refractivity contribution in [3.8, 4) is 0 Å². The van der Waals surface area contributed by atoms with E-state index in [-0.39, 0.29) is 5.54 Å². The molecule has 0 amide bonds. The highest BCUT2D eigenvalue weighted by atomic mass is 32.1. The van der Waals surface area contributed by atoms with Crippen LogP contribution in [0.3, 0.4) is 0 Å². The zero-order chi connectivity index (χ0) is 13.9. The van der Waals surface area contributed by atoms with Crippen LogP contribution in [0.4, 0.5) is 0 Å². The summed E-state index contributed by atoms with van der Waals surface area (Å²) in [6.07, 6.45) is 10.0. The number of nitrogens with zero attached hydrogens (tertiary/aromatic N) is 1. The molecule has 0 aliphatic heterocycles. The summed E-state index contributed by atoms with van der Waals surface area (Å²) in [5.74, 6) is 0.912. The molecule has 2 unspecified atom stereocenters. The molecular weight excluding hydrogens is 252 g/mol.